The summed E-state index contributed by atoms with van der Waals surface area (Å²) in [5.74, 6) is -0.727. The Morgan fingerprint density at radius 2 is 1.80 bits per heavy atom. The van der Waals surface area contributed by atoms with E-state index in [-0.39, 0.29) is 23.4 Å². The highest BCUT2D eigenvalue weighted by Crippen LogP contribution is 2.39. The van der Waals surface area contributed by atoms with Crippen LogP contribution >= 0.6 is 11.3 Å². The van der Waals surface area contributed by atoms with Crippen molar-refractivity contribution in [1.82, 2.24) is 14.8 Å². The molecule has 0 spiro atoms. The fourth-order valence-electron chi connectivity index (χ4n) is 6.80. The number of hydrogen-bond donors (Lipinski definition) is 1. The lowest BCUT2D eigenvalue weighted by Gasteiger charge is -2.35. The number of halogens is 4. The average Bonchev–Trinajstić information content (AvgIpc) is 3.56. The van der Waals surface area contributed by atoms with Crippen LogP contribution < -0.4 is 4.74 Å². The molecule has 0 bridgehead atoms. The van der Waals surface area contributed by atoms with E-state index in [2.05, 4.69) is 19.5 Å². The van der Waals surface area contributed by atoms with Crippen LogP contribution in [0.25, 0.3) is 0 Å². The number of nitrogens with zero attached hydrogens (tertiary/aromatic N) is 3. The molecule has 5 rings (SSSR count). The zero-order chi connectivity index (χ0) is 31.6. The van der Waals surface area contributed by atoms with Crippen LogP contribution in [0.2, 0.25) is 0 Å². The molecule has 0 aliphatic carbocycles. The van der Waals surface area contributed by atoms with E-state index in [4.69, 9.17) is 0 Å². The standard InChI is InChI=1S/C33H39F4N3O3S/c1-32(2,3)30(31(41)42)40-19-24(27(20-40)23-5-4-6-25(34)16-23)18-39-13-11-22(12-14-39)28-17-38-29(44-28)15-21-7-9-26(10-8-21)43-33(35,36)37/h4-10,16-17,22,24,27,30H,11-15,18-20H2,1-3H3,(H,41,42)/t24-,27+,30-/m0/s1. The molecule has 2 saturated heterocycles. The number of carbonyl (C=O) groups is 1. The molecule has 3 atom stereocenters. The van der Waals surface area contributed by atoms with Gasteiger partial charge in [0.05, 0.1) is 5.01 Å². The van der Waals surface area contributed by atoms with Gasteiger partial charge in [0.15, 0.2) is 0 Å². The molecule has 3 aromatic rings. The maximum atomic E-state index is 14.2. The fraction of sp³-hybridized carbons (Fsp3) is 0.515. The Morgan fingerprint density at radius 1 is 1.09 bits per heavy atom. The van der Waals surface area contributed by atoms with Crippen molar-refractivity contribution in [2.75, 3.05) is 32.7 Å². The minimum Gasteiger partial charge on any atom is -0.480 e. The van der Waals surface area contributed by atoms with E-state index in [0.29, 0.717) is 25.4 Å². The van der Waals surface area contributed by atoms with Gasteiger partial charge < -0.3 is 14.7 Å². The lowest BCUT2D eigenvalue weighted by atomic mass is 9.85. The summed E-state index contributed by atoms with van der Waals surface area (Å²) in [5, 5.41) is 11.0. The Kier molecular flexibility index (Phi) is 9.67. The number of alkyl halides is 3. The number of hydrogen-bond acceptors (Lipinski definition) is 6. The highest BCUT2D eigenvalue weighted by molar-refractivity contribution is 7.11. The fourth-order valence-corrected chi connectivity index (χ4v) is 7.92. The van der Waals surface area contributed by atoms with E-state index in [9.17, 15) is 27.5 Å². The molecule has 6 nitrogen and oxygen atoms in total. The molecule has 44 heavy (non-hydrogen) atoms. The number of likely N-dealkylation sites (tertiary alicyclic amines) is 2. The van der Waals surface area contributed by atoms with E-state index in [0.717, 1.165) is 48.6 Å². The summed E-state index contributed by atoms with van der Waals surface area (Å²) in [7, 11) is 0. The van der Waals surface area contributed by atoms with Gasteiger partial charge in [0, 0.05) is 43.0 Å². The van der Waals surface area contributed by atoms with Crippen LogP contribution in [-0.2, 0) is 11.2 Å². The van der Waals surface area contributed by atoms with E-state index in [1.165, 1.54) is 23.1 Å². The number of benzene rings is 2. The molecule has 11 heteroatoms. The topological polar surface area (TPSA) is 65.9 Å². The zero-order valence-corrected chi connectivity index (χ0v) is 26.0. The maximum Gasteiger partial charge on any atom is 0.573 e. The normalized spacial score (nSPS) is 21.4. The number of aliphatic carboxylic acids is 1. The number of rotatable bonds is 9. The van der Waals surface area contributed by atoms with Crippen LogP contribution in [0.1, 0.15) is 66.5 Å². The molecule has 1 N–H and O–H groups in total. The molecular weight excluding hydrogens is 594 g/mol. The maximum absolute atomic E-state index is 14.2. The van der Waals surface area contributed by atoms with Gasteiger partial charge >= 0.3 is 12.3 Å². The van der Waals surface area contributed by atoms with Crippen molar-refractivity contribution in [3.8, 4) is 5.75 Å². The number of ether oxygens (including phenoxy) is 1. The minimum absolute atomic E-state index is 0.0470. The highest BCUT2D eigenvalue weighted by atomic mass is 32.1. The Bertz CT molecular complexity index is 1410. The van der Waals surface area contributed by atoms with Gasteiger partial charge in [-0.05, 0) is 78.6 Å². The second-order valence-corrected chi connectivity index (χ2v) is 14.2. The SMILES string of the molecule is CC(C)(C)[C@H](C(=O)O)N1C[C@H](CN2CCC(c3cnc(Cc4ccc(OC(F)(F)F)cc4)s3)CC2)[C@@H](c2cccc(F)c2)C1. The summed E-state index contributed by atoms with van der Waals surface area (Å²) < 4.78 is 55.5. The molecule has 2 aliphatic rings. The van der Waals surface area contributed by atoms with E-state index in [1.807, 2.05) is 33.0 Å². The lowest BCUT2D eigenvalue weighted by Crippen LogP contribution is -2.48. The zero-order valence-electron chi connectivity index (χ0n) is 25.2. The minimum atomic E-state index is -4.71. The first kappa shape index (κ1) is 32.4. The summed E-state index contributed by atoms with van der Waals surface area (Å²) in [4.78, 5) is 22.6. The molecule has 0 amide bonds. The van der Waals surface area contributed by atoms with Crippen LogP contribution in [0.15, 0.2) is 54.7 Å². The number of thiazole rings is 1. The molecule has 2 aliphatic heterocycles. The molecule has 3 heterocycles. The third-order valence-corrected chi connectivity index (χ3v) is 9.89. The van der Waals surface area contributed by atoms with Gasteiger partial charge in [0.1, 0.15) is 17.6 Å². The van der Waals surface area contributed by atoms with Crippen molar-refractivity contribution < 1.29 is 32.2 Å². The van der Waals surface area contributed by atoms with Gasteiger partial charge in [-0.3, -0.25) is 9.69 Å². The van der Waals surface area contributed by atoms with Crippen molar-refractivity contribution >= 4 is 17.3 Å². The summed E-state index contributed by atoms with van der Waals surface area (Å²) >= 11 is 1.65. The van der Waals surface area contributed by atoms with E-state index in [1.54, 1.807) is 35.6 Å². The highest BCUT2D eigenvalue weighted by Gasteiger charge is 2.44. The summed E-state index contributed by atoms with van der Waals surface area (Å²) in [5.41, 5.74) is 1.35. The summed E-state index contributed by atoms with van der Waals surface area (Å²) in [6, 6.07) is 12.0. The van der Waals surface area contributed by atoms with Gasteiger partial charge in [-0.15, -0.1) is 24.5 Å². The van der Waals surface area contributed by atoms with Crippen LogP contribution in [0.5, 0.6) is 5.75 Å². The Labute approximate surface area is 259 Å². The second kappa shape index (κ2) is 13.1. The summed E-state index contributed by atoms with van der Waals surface area (Å²) in [6.07, 6.45) is -0.286. The first-order valence-corrected chi connectivity index (χ1v) is 15.8. The molecule has 0 saturated carbocycles. The first-order chi connectivity index (χ1) is 20.7. The number of aromatic nitrogens is 1. The Morgan fingerprint density at radius 3 is 2.41 bits per heavy atom. The first-order valence-electron chi connectivity index (χ1n) is 15.0. The quantitative estimate of drug-likeness (QED) is 0.252. The average molecular weight is 634 g/mol. The number of piperidine rings is 1. The Balaban J connectivity index is 1.19. The van der Waals surface area contributed by atoms with Crippen LogP contribution in [0.4, 0.5) is 17.6 Å². The van der Waals surface area contributed by atoms with Gasteiger partial charge in [-0.25, -0.2) is 9.37 Å². The molecule has 0 unspecified atom stereocenters. The van der Waals surface area contributed by atoms with Crippen LogP contribution in [-0.4, -0.2) is 71.0 Å². The molecule has 0 radical (unpaired) electrons. The number of carboxylic acid groups (broad SMARTS) is 1. The van der Waals surface area contributed by atoms with Crippen molar-refractivity contribution in [3.63, 3.8) is 0 Å². The van der Waals surface area contributed by atoms with E-state index >= 15 is 0 Å². The number of carboxylic acids is 1. The molecular formula is C33H39F4N3O3S. The van der Waals surface area contributed by atoms with Crippen molar-refractivity contribution in [2.45, 2.75) is 64.3 Å². The lowest BCUT2D eigenvalue weighted by molar-refractivity contribution is -0.274. The molecule has 2 fully saturated rings. The third-order valence-electron chi connectivity index (χ3n) is 8.73. The van der Waals surface area contributed by atoms with Crippen molar-refractivity contribution in [2.24, 2.45) is 11.3 Å². The van der Waals surface area contributed by atoms with Gasteiger partial charge in [-0.2, -0.15) is 0 Å². The third kappa shape index (κ3) is 8.17. The largest absolute Gasteiger partial charge is 0.573 e. The predicted octanol–water partition coefficient (Wildman–Crippen LogP) is 7.17. The van der Waals surface area contributed by atoms with Crippen molar-refractivity contribution in [3.05, 3.63) is 81.6 Å². The van der Waals surface area contributed by atoms with Crippen LogP contribution in [0, 0.1) is 17.2 Å². The van der Waals surface area contributed by atoms with Crippen LogP contribution in [0.3, 0.4) is 0 Å². The van der Waals surface area contributed by atoms with Gasteiger partial charge in [0.25, 0.3) is 0 Å². The van der Waals surface area contributed by atoms with Crippen molar-refractivity contribution in [1.29, 1.82) is 0 Å². The molecule has 238 valence electrons. The predicted molar refractivity (Wildman–Crippen MR) is 162 cm³/mol. The molecule has 2 aromatic carbocycles. The van der Waals surface area contributed by atoms with E-state index < -0.39 is 23.8 Å². The monoisotopic (exact) mass is 633 g/mol. The van der Waals surface area contributed by atoms with Gasteiger partial charge in [0.2, 0.25) is 0 Å². The van der Waals surface area contributed by atoms with Gasteiger partial charge in [-0.1, -0.05) is 45.0 Å². The smallest absolute Gasteiger partial charge is 0.480 e. The summed E-state index contributed by atoms with van der Waals surface area (Å²) in [6.45, 7) is 9.74. The Hall–Kier alpha value is -3.02. The second-order valence-electron chi connectivity index (χ2n) is 13.1. The molecule has 1 aromatic heterocycles.